The van der Waals surface area contributed by atoms with Crippen molar-refractivity contribution in [2.75, 3.05) is 13.2 Å². The topological polar surface area (TPSA) is 167 Å². The molecule has 10 atom stereocenters. The summed E-state index contributed by atoms with van der Waals surface area (Å²) in [5.41, 5.74) is 0. The summed E-state index contributed by atoms with van der Waals surface area (Å²) in [7, 11) is 0. The van der Waals surface area contributed by atoms with Crippen molar-refractivity contribution in [1.29, 1.82) is 0 Å². The van der Waals surface area contributed by atoms with Gasteiger partial charge in [-0.15, -0.1) is 6.42 Å². The van der Waals surface area contributed by atoms with Crippen LogP contribution >= 0.6 is 0 Å². The molecule has 6 N–H and O–H groups in total. The molecule has 11 heteroatoms. The summed E-state index contributed by atoms with van der Waals surface area (Å²) in [4.78, 5) is 11.4. The van der Waals surface area contributed by atoms with Crippen molar-refractivity contribution in [1.82, 2.24) is 5.32 Å². The Kier molecular flexibility index (Phi) is 8.14. The third kappa shape index (κ3) is 5.18. The number of hydrogen-bond acceptors (Lipinski definition) is 10. The van der Waals surface area contributed by atoms with E-state index in [-0.39, 0.29) is 13.2 Å². The molecule has 2 fully saturated rings. The molecule has 2 heterocycles. The van der Waals surface area contributed by atoms with E-state index in [4.69, 9.17) is 25.4 Å². The predicted octanol–water partition coefficient (Wildman–Crippen LogP) is -3.57. The summed E-state index contributed by atoms with van der Waals surface area (Å²) in [6.45, 7) is 2.21. The van der Waals surface area contributed by atoms with Crippen LogP contribution in [0.1, 0.15) is 13.8 Å². The zero-order valence-corrected chi connectivity index (χ0v) is 15.5. The van der Waals surface area contributed by atoms with Gasteiger partial charge in [-0.3, -0.25) is 4.79 Å². The lowest BCUT2D eigenvalue weighted by atomic mass is 9.96. The normalized spacial score (nSPS) is 43.9. The van der Waals surface area contributed by atoms with Gasteiger partial charge in [-0.05, 0) is 6.92 Å². The van der Waals surface area contributed by atoms with Gasteiger partial charge in [0.2, 0.25) is 5.91 Å². The highest BCUT2D eigenvalue weighted by Crippen LogP contribution is 2.25. The second kappa shape index (κ2) is 9.93. The van der Waals surface area contributed by atoms with Gasteiger partial charge in [0.15, 0.2) is 12.6 Å². The average molecular weight is 405 g/mol. The quantitative estimate of drug-likeness (QED) is 0.243. The summed E-state index contributed by atoms with van der Waals surface area (Å²) in [5, 5.41) is 52.6. The summed E-state index contributed by atoms with van der Waals surface area (Å²) in [5.74, 6) is 1.77. The minimum absolute atomic E-state index is 0.164. The van der Waals surface area contributed by atoms with E-state index in [1.54, 1.807) is 0 Å². The van der Waals surface area contributed by atoms with Crippen LogP contribution in [0.5, 0.6) is 0 Å². The number of terminal acetylenes is 1. The molecule has 0 aromatic rings. The lowest BCUT2D eigenvalue weighted by Gasteiger charge is -2.43. The molecule has 2 rings (SSSR count). The Morgan fingerprint density at radius 1 is 1.00 bits per heavy atom. The Morgan fingerprint density at radius 3 is 2.29 bits per heavy atom. The largest absolute Gasteiger partial charge is 0.388 e. The van der Waals surface area contributed by atoms with Gasteiger partial charge in [-0.1, -0.05) is 5.92 Å². The number of hydrogen-bond donors (Lipinski definition) is 6. The number of rotatable bonds is 6. The summed E-state index contributed by atoms with van der Waals surface area (Å²) in [6.07, 6.45) is -6.41. The molecule has 0 unspecified atom stereocenters. The molecule has 0 aromatic carbocycles. The van der Waals surface area contributed by atoms with E-state index in [1.807, 2.05) is 0 Å². The number of carbonyl (C=O) groups is 1. The number of aliphatic hydroxyl groups is 5. The Morgan fingerprint density at radius 2 is 1.68 bits per heavy atom. The van der Waals surface area contributed by atoms with Gasteiger partial charge < -0.3 is 49.8 Å². The molecule has 0 spiro atoms. The Bertz CT molecular complexity index is 569. The van der Waals surface area contributed by atoms with E-state index in [9.17, 15) is 30.3 Å². The van der Waals surface area contributed by atoms with Gasteiger partial charge in [-0.25, -0.2) is 0 Å². The van der Waals surface area contributed by atoms with E-state index >= 15 is 0 Å². The molecule has 0 saturated carbocycles. The number of amides is 1. The lowest BCUT2D eigenvalue weighted by Crippen LogP contribution is -2.65. The van der Waals surface area contributed by atoms with Gasteiger partial charge in [0.1, 0.15) is 49.3 Å². The second-order valence-electron chi connectivity index (χ2n) is 6.78. The fourth-order valence-electron chi connectivity index (χ4n) is 3.07. The Labute approximate surface area is 162 Å². The highest BCUT2D eigenvalue weighted by atomic mass is 16.7. The SMILES string of the molecule is C#CCO[C@@H]1O[C@H](CO[C@@H]2O[C@@H](C)[C@H](O)[C@@H](O)[C@H]2O)[C@@H](O)[C@H](O)[C@H]1NC(C)=O. The number of carbonyl (C=O) groups excluding carboxylic acids is 1. The highest BCUT2D eigenvalue weighted by molar-refractivity contribution is 5.73. The van der Waals surface area contributed by atoms with Gasteiger partial charge in [0, 0.05) is 6.92 Å². The van der Waals surface area contributed by atoms with Crippen LogP contribution in [0, 0.1) is 12.3 Å². The molecule has 0 bridgehead atoms. The second-order valence-corrected chi connectivity index (χ2v) is 6.78. The molecule has 0 radical (unpaired) electrons. The summed E-state index contributed by atoms with van der Waals surface area (Å²) >= 11 is 0. The van der Waals surface area contributed by atoms with E-state index in [0.717, 1.165) is 0 Å². The molecule has 160 valence electrons. The lowest BCUT2D eigenvalue weighted by molar-refractivity contribution is -0.315. The van der Waals surface area contributed by atoms with Crippen LogP contribution in [0.25, 0.3) is 0 Å². The third-order valence-corrected chi connectivity index (χ3v) is 4.63. The minimum Gasteiger partial charge on any atom is -0.388 e. The fraction of sp³-hybridized carbons (Fsp3) is 0.824. The smallest absolute Gasteiger partial charge is 0.217 e. The van der Waals surface area contributed by atoms with Crippen molar-refractivity contribution in [3.05, 3.63) is 0 Å². The molecular weight excluding hydrogens is 378 g/mol. The van der Waals surface area contributed by atoms with Crippen molar-refractivity contribution in [2.45, 2.75) is 75.2 Å². The fourth-order valence-corrected chi connectivity index (χ4v) is 3.07. The van der Waals surface area contributed by atoms with Gasteiger partial charge in [-0.2, -0.15) is 0 Å². The zero-order chi connectivity index (χ0) is 21.0. The maximum Gasteiger partial charge on any atom is 0.217 e. The maximum absolute atomic E-state index is 11.4. The molecular formula is C17H27NO10. The molecule has 0 aromatic heterocycles. The van der Waals surface area contributed by atoms with Crippen molar-refractivity contribution >= 4 is 5.91 Å². The molecule has 1 amide bonds. The molecule has 2 saturated heterocycles. The van der Waals surface area contributed by atoms with Crippen LogP contribution in [0.4, 0.5) is 0 Å². The Hall–Kier alpha value is -1.33. The van der Waals surface area contributed by atoms with Crippen LogP contribution in [0.15, 0.2) is 0 Å². The standard InChI is InChI=1S/C17H27NO10/c1-4-5-25-16-10(18-8(3)19)13(22)12(21)9(28-16)6-26-17-15(24)14(23)11(20)7(2)27-17/h1,7,9-17,20-24H,5-6H2,2-3H3,(H,18,19)/t7-,9+,10+,11-,12+,13+,14+,15+,16+,17+/m0/s1. The molecule has 2 aliphatic heterocycles. The first-order valence-corrected chi connectivity index (χ1v) is 8.82. The number of aliphatic hydroxyl groups excluding tert-OH is 5. The zero-order valence-electron chi connectivity index (χ0n) is 15.5. The first-order chi connectivity index (χ1) is 13.2. The van der Waals surface area contributed by atoms with Gasteiger partial charge in [0.25, 0.3) is 0 Å². The van der Waals surface area contributed by atoms with Gasteiger partial charge in [0.05, 0.1) is 12.7 Å². The van der Waals surface area contributed by atoms with Crippen molar-refractivity contribution in [3.63, 3.8) is 0 Å². The summed E-state index contributed by atoms with van der Waals surface area (Å²) < 4.78 is 21.6. The molecule has 28 heavy (non-hydrogen) atoms. The first-order valence-electron chi connectivity index (χ1n) is 8.82. The van der Waals surface area contributed by atoms with Gasteiger partial charge >= 0.3 is 0 Å². The number of nitrogens with one attached hydrogen (secondary N) is 1. The van der Waals surface area contributed by atoms with E-state index in [0.29, 0.717) is 0 Å². The molecule has 11 nitrogen and oxygen atoms in total. The van der Waals surface area contributed by atoms with Crippen LogP contribution in [0.3, 0.4) is 0 Å². The van der Waals surface area contributed by atoms with Crippen molar-refractivity contribution < 1.29 is 49.3 Å². The monoisotopic (exact) mass is 405 g/mol. The minimum atomic E-state index is -1.53. The van der Waals surface area contributed by atoms with Crippen LogP contribution in [0.2, 0.25) is 0 Å². The average Bonchev–Trinajstić information content (AvgIpc) is 2.65. The Balaban J connectivity index is 2.02. The maximum atomic E-state index is 11.4. The molecule has 0 aliphatic carbocycles. The summed E-state index contributed by atoms with van der Waals surface area (Å²) in [6, 6.07) is -1.06. The van der Waals surface area contributed by atoms with Crippen LogP contribution in [-0.4, -0.2) is 106 Å². The van der Waals surface area contributed by atoms with E-state index < -0.39 is 67.3 Å². The number of ether oxygens (including phenoxy) is 4. The molecule has 2 aliphatic rings. The van der Waals surface area contributed by atoms with Crippen molar-refractivity contribution in [3.8, 4) is 12.3 Å². The van der Waals surface area contributed by atoms with E-state index in [2.05, 4.69) is 11.2 Å². The predicted molar refractivity (Wildman–Crippen MR) is 91.4 cm³/mol. The van der Waals surface area contributed by atoms with Crippen LogP contribution in [-0.2, 0) is 23.7 Å². The highest BCUT2D eigenvalue weighted by Gasteiger charge is 2.47. The van der Waals surface area contributed by atoms with E-state index in [1.165, 1.54) is 13.8 Å². The first kappa shape index (κ1) is 23.0. The van der Waals surface area contributed by atoms with Crippen molar-refractivity contribution in [2.24, 2.45) is 0 Å². The van der Waals surface area contributed by atoms with Crippen LogP contribution < -0.4 is 5.32 Å². The third-order valence-electron chi connectivity index (χ3n) is 4.63.